The minimum Gasteiger partial charge on any atom is -0.381 e. The molecule has 3 unspecified atom stereocenters. The number of halogens is 7. The fourth-order valence-corrected chi connectivity index (χ4v) is 6.15. The van der Waals surface area contributed by atoms with Gasteiger partial charge in [-0.3, -0.25) is 14.3 Å². The first kappa shape index (κ1) is 35.5. The Labute approximate surface area is 271 Å². The van der Waals surface area contributed by atoms with E-state index < -0.39 is 54.3 Å². The smallest absolute Gasteiger partial charge is 0.381 e. The zero-order valence-corrected chi connectivity index (χ0v) is 26.2. The summed E-state index contributed by atoms with van der Waals surface area (Å²) in [6.07, 6.45) is -0.931. The molecule has 2 N–H and O–H groups in total. The fraction of sp³-hybridized carbons (Fsp3) is 0.667. The number of aromatic nitrogens is 6. The summed E-state index contributed by atoms with van der Waals surface area (Å²) in [6, 6.07) is 0.849. The number of nitrogens with zero attached hydrogens (tertiary/aromatic N) is 6. The number of piperidine rings is 1. The van der Waals surface area contributed by atoms with E-state index in [9.17, 15) is 40.3 Å². The van der Waals surface area contributed by atoms with Gasteiger partial charge in [0.15, 0.2) is 0 Å². The monoisotopic (exact) mass is 690 g/mol. The molecule has 3 fully saturated rings. The van der Waals surface area contributed by atoms with Crippen LogP contribution in [0.15, 0.2) is 24.7 Å². The number of aryl methyl sites for hydroxylation is 1. The lowest BCUT2D eigenvalue weighted by molar-refractivity contribution is -0.183. The Morgan fingerprint density at radius 2 is 1.81 bits per heavy atom. The van der Waals surface area contributed by atoms with Crippen molar-refractivity contribution < 1.29 is 45.1 Å². The molecule has 18 heteroatoms. The van der Waals surface area contributed by atoms with Crippen LogP contribution in [0.2, 0.25) is 0 Å². The largest absolute Gasteiger partial charge is 0.393 e. The molecule has 0 radical (unpaired) electrons. The third kappa shape index (κ3) is 8.79. The number of carbonyl (C=O) groups is 2. The summed E-state index contributed by atoms with van der Waals surface area (Å²) >= 11 is 0. The SMILES string of the molecule is CCn1nccc1C(=O)NC(c1cn2nc(CC3CC(C(F)(F)F)CNC3=O)cnc2n1)C1CCC(F)(F)CC1.FC1(F)CCOCC1. The Balaban J connectivity index is 0.000000494. The number of hydrogen-bond donors (Lipinski definition) is 2. The van der Waals surface area contributed by atoms with Crippen LogP contribution in [-0.4, -0.2) is 79.0 Å². The summed E-state index contributed by atoms with van der Waals surface area (Å²) < 4.78 is 99.3. The number of alkyl halides is 7. The average molecular weight is 691 g/mol. The number of rotatable bonds is 7. The Bertz CT molecular complexity index is 1560. The topological polar surface area (TPSA) is 128 Å². The summed E-state index contributed by atoms with van der Waals surface area (Å²) in [6.45, 7) is 2.28. The molecule has 2 saturated heterocycles. The maximum Gasteiger partial charge on any atom is 0.393 e. The maximum absolute atomic E-state index is 13.9. The predicted octanol–water partition coefficient (Wildman–Crippen LogP) is 4.93. The molecule has 2 aliphatic heterocycles. The molecule has 5 heterocycles. The molecule has 264 valence electrons. The highest BCUT2D eigenvalue weighted by Crippen LogP contribution is 2.41. The third-order valence-corrected chi connectivity index (χ3v) is 8.95. The zero-order valence-electron chi connectivity index (χ0n) is 26.2. The Kier molecular flexibility index (Phi) is 10.6. The first-order chi connectivity index (χ1) is 22.6. The van der Waals surface area contributed by atoms with Crippen LogP contribution in [0, 0.1) is 17.8 Å². The maximum atomic E-state index is 13.9. The highest BCUT2D eigenvalue weighted by molar-refractivity contribution is 5.92. The number of hydrogen-bond acceptors (Lipinski definition) is 7. The molecule has 0 spiro atoms. The van der Waals surface area contributed by atoms with Crippen LogP contribution in [0.25, 0.3) is 5.78 Å². The van der Waals surface area contributed by atoms with E-state index in [-0.39, 0.29) is 76.3 Å². The molecule has 11 nitrogen and oxygen atoms in total. The molecule has 3 atom stereocenters. The van der Waals surface area contributed by atoms with Crippen LogP contribution in [-0.2, 0) is 22.5 Å². The lowest BCUT2D eigenvalue weighted by Gasteiger charge is -2.33. The molecule has 0 aromatic carbocycles. The number of carbonyl (C=O) groups excluding carboxylic acids is 2. The fourth-order valence-electron chi connectivity index (χ4n) is 6.15. The molecule has 3 aromatic rings. The van der Waals surface area contributed by atoms with E-state index in [1.165, 1.54) is 27.8 Å². The van der Waals surface area contributed by atoms with E-state index in [1.54, 1.807) is 6.07 Å². The van der Waals surface area contributed by atoms with Crippen LogP contribution in [0.4, 0.5) is 30.7 Å². The standard InChI is InChI=1S/C25H29F5N8O2.C5H8F2O/c1-2-37-19(5-8-33-37)22(40)35-20(14-3-6-24(26,27)7-4-14)18-13-38-23(34-18)32-12-17(36-38)10-15-9-16(25(28,29)30)11-31-21(15)39;6-5(7)1-3-8-4-2-5/h5,8,12-16,20H,2-4,6-7,9-11H2,1H3,(H,31,39)(H,35,40);1-4H2. The minimum absolute atomic E-state index is 0.0479. The summed E-state index contributed by atoms with van der Waals surface area (Å²) in [5.41, 5.74) is 0.985. The van der Waals surface area contributed by atoms with Gasteiger partial charge >= 0.3 is 6.18 Å². The van der Waals surface area contributed by atoms with Gasteiger partial charge in [-0.1, -0.05) is 0 Å². The van der Waals surface area contributed by atoms with Gasteiger partial charge in [-0.05, 0) is 38.2 Å². The summed E-state index contributed by atoms with van der Waals surface area (Å²) in [4.78, 5) is 34.1. The lowest BCUT2D eigenvalue weighted by Crippen LogP contribution is -2.47. The third-order valence-electron chi connectivity index (χ3n) is 8.95. The van der Waals surface area contributed by atoms with E-state index in [2.05, 4.69) is 30.8 Å². The van der Waals surface area contributed by atoms with Gasteiger partial charge in [0, 0.05) is 57.3 Å². The minimum atomic E-state index is -4.42. The van der Waals surface area contributed by atoms with Gasteiger partial charge < -0.3 is 15.4 Å². The van der Waals surface area contributed by atoms with Crippen molar-refractivity contribution in [3.8, 4) is 0 Å². The number of imidazole rings is 1. The second-order valence-electron chi connectivity index (χ2n) is 12.4. The molecular weight excluding hydrogens is 653 g/mol. The van der Waals surface area contributed by atoms with E-state index in [0.717, 1.165) is 0 Å². The van der Waals surface area contributed by atoms with Crippen molar-refractivity contribution >= 4 is 17.6 Å². The van der Waals surface area contributed by atoms with Crippen molar-refractivity contribution in [3.63, 3.8) is 0 Å². The molecule has 1 aliphatic carbocycles. The van der Waals surface area contributed by atoms with E-state index in [1.807, 2.05) is 6.92 Å². The average Bonchev–Trinajstić information content (AvgIpc) is 3.68. The zero-order chi connectivity index (χ0) is 34.7. The molecule has 1 saturated carbocycles. The van der Waals surface area contributed by atoms with Crippen LogP contribution in [0.1, 0.15) is 79.8 Å². The molecule has 3 aromatic heterocycles. The van der Waals surface area contributed by atoms with Crippen LogP contribution in [0.3, 0.4) is 0 Å². The van der Waals surface area contributed by atoms with Crippen molar-refractivity contribution in [2.75, 3.05) is 19.8 Å². The first-order valence-corrected chi connectivity index (χ1v) is 15.9. The van der Waals surface area contributed by atoms with Gasteiger partial charge in [-0.25, -0.2) is 32.0 Å². The summed E-state index contributed by atoms with van der Waals surface area (Å²) in [5.74, 6) is -8.83. The van der Waals surface area contributed by atoms with Crippen LogP contribution in [0.5, 0.6) is 0 Å². The molecule has 2 amide bonds. The molecule has 48 heavy (non-hydrogen) atoms. The van der Waals surface area contributed by atoms with Crippen LogP contribution < -0.4 is 10.6 Å². The number of ether oxygens (including phenoxy) is 1. The van der Waals surface area contributed by atoms with E-state index in [0.29, 0.717) is 23.6 Å². The van der Waals surface area contributed by atoms with Crippen molar-refractivity contribution in [1.29, 1.82) is 0 Å². The van der Waals surface area contributed by atoms with E-state index in [4.69, 9.17) is 4.74 Å². The predicted molar refractivity (Wildman–Crippen MR) is 155 cm³/mol. The molecule has 3 aliphatic rings. The highest BCUT2D eigenvalue weighted by Gasteiger charge is 2.45. The van der Waals surface area contributed by atoms with Crippen molar-refractivity contribution in [3.05, 3.63) is 41.7 Å². The van der Waals surface area contributed by atoms with Crippen molar-refractivity contribution in [2.45, 2.75) is 88.9 Å². The number of amides is 2. The van der Waals surface area contributed by atoms with Crippen molar-refractivity contribution in [1.82, 2.24) is 40.0 Å². The van der Waals surface area contributed by atoms with Crippen LogP contribution >= 0.6 is 0 Å². The van der Waals surface area contributed by atoms with Crippen molar-refractivity contribution in [2.24, 2.45) is 17.8 Å². The Morgan fingerprint density at radius 3 is 2.44 bits per heavy atom. The Morgan fingerprint density at radius 1 is 1.12 bits per heavy atom. The van der Waals surface area contributed by atoms with Gasteiger partial charge in [0.2, 0.25) is 11.8 Å². The molecular formula is C30H37F7N8O3. The summed E-state index contributed by atoms with van der Waals surface area (Å²) in [7, 11) is 0. The second kappa shape index (κ2) is 14.3. The molecule has 6 rings (SSSR count). The summed E-state index contributed by atoms with van der Waals surface area (Å²) in [5, 5.41) is 13.8. The Hall–Kier alpha value is -3.83. The van der Waals surface area contributed by atoms with Gasteiger partial charge in [-0.15, -0.1) is 0 Å². The van der Waals surface area contributed by atoms with Gasteiger partial charge in [0.1, 0.15) is 5.69 Å². The lowest BCUT2D eigenvalue weighted by atomic mass is 9.81. The number of nitrogens with one attached hydrogen (secondary N) is 2. The van der Waals surface area contributed by atoms with Gasteiger partial charge in [0.05, 0.1) is 49.0 Å². The highest BCUT2D eigenvalue weighted by atomic mass is 19.4. The van der Waals surface area contributed by atoms with E-state index >= 15 is 0 Å². The number of fused-ring (bicyclic) bond motifs is 1. The molecule has 0 bridgehead atoms. The second-order valence-corrected chi connectivity index (χ2v) is 12.4. The van der Waals surface area contributed by atoms with Gasteiger partial charge in [-0.2, -0.15) is 23.4 Å². The normalized spacial score (nSPS) is 23.5. The first-order valence-electron chi connectivity index (χ1n) is 15.9. The quantitative estimate of drug-likeness (QED) is 0.337. The van der Waals surface area contributed by atoms with Gasteiger partial charge in [0.25, 0.3) is 17.6 Å².